The Bertz CT molecular complexity index is 1170. The van der Waals surface area contributed by atoms with Gasteiger partial charge in [0, 0.05) is 17.6 Å². The Balaban J connectivity index is 2.07. The Morgan fingerprint density at radius 2 is 1.93 bits per heavy atom. The van der Waals surface area contributed by atoms with Crippen LogP contribution in [-0.4, -0.2) is 26.4 Å². The maximum Gasteiger partial charge on any atom is 0.259 e. The van der Waals surface area contributed by atoms with E-state index in [0.29, 0.717) is 6.07 Å². The molecular weight excluding hydrogens is 380 g/mol. The van der Waals surface area contributed by atoms with Crippen molar-refractivity contribution >= 4 is 32.5 Å². The quantitative estimate of drug-likeness (QED) is 0.707. The predicted octanol–water partition coefficient (Wildman–Crippen LogP) is 2.42. The number of aromatic nitrogens is 1. The first kappa shape index (κ1) is 18.7. The van der Waals surface area contributed by atoms with E-state index in [1.807, 2.05) is 0 Å². The van der Waals surface area contributed by atoms with Crippen LogP contribution in [0.4, 0.5) is 14.5 Å². The summed E-state index contributed by atoms with van der Waals surface area (Å²) >= 11 is 0. The van der Waals surface area contributed by atoms with Gasteiger partial charge in [-0.2, -0.15) is 0 Å². The number of nitrogens with two attached hydrogens (primary N) is 1. The van der Waals surface area contributed by atoms with Crippen LogP contribution in [-0.2, 0) is 10.0 Å². The van der Waals surface area contributed by atoms with Crippen molar-refractivity contribution < 1.29 is 26.7 Å². The number of hydrogen-bond acceptors (Lipinski definition) is 5. The number of anilines is 1. The highest BCUT2D eigenvalue weighted by atomic mass is 32.2. The number of nitrogens with zero attached hydrogens (tertiary/aromatic N) is 1. The average Bonchev–Trinajstić information content (AvgIpc) is 2.61. The first-order valence-electron chi connectivity index (χ1n) is 7.46. The van der Waals surface area contributed by atoms with E-state index in [-0.39, 0.29) is 32.8 Å². The van der Waals surface area contributed by atoms with Gasteiger partial charge >= 0.3 is 0 Å². The summed E-state index contributed by atoms with van der Waals surface area (Å²) in [7, 11) is -2.75. The lowest BCUT2D eigenvalue weighted by atomic mass is 10.1. The molecule has 0 aliphatic carbocycles. The molecule has 0 saturated heterocycles. The fraction of sp³-hybridized carbons (Fsp3) is 0.0588. The van der Waals surface area contributed by atoms with Gasteiger partial charge in [0.2, 0.25) is 10.0 Å². The number of pyridine rings is 1. The van der Waals surface area contributed by atoms with E-state index in [1.165, 1.54) is 31.5 Å². The van der Waals surface area contributed by atoms with E-state index < -0.39 is 27.6 Å². The Labute approximate surface area is 152 Å². The van der Waals surface area contributed by atoms with Crippen LogP contribution in [0.3, 0.4) is 0 Å². The summed E-state index contributed by atoms with van der Waals surface area (Å²) in [6, 6.07) is 6.58. The number of sulfonamides is 1. The molecule has 0 fully saturated rings. The SMILES string of the molecule is COc1ccc(S(N)(=O)=O)cc1C(=O)Nc1ccnc2c(F)cc(F)cc12. The van der Waals surface area contributed by atoms with Gasteiger partial charge in [-0.15, -0.1) is 0 Å². The lowest BCUT2D eigenvalue weighted by Gasteiger charge is -2.12. The number of carbonyl (C=O) groups is 1. The van der Waals surface area contributed by atoms with Crippen molar-refractivity contribution in [1.82, 2.24) is 4.98 Å². The molecule has 140 valence electrons. The summed E-state index contributed by atoms with van der Waals surface area (Å²) in [6.07, 6.45) is 1.25. The average molecular weight is 393 g/mol. The molecule has 0 atom stereocenters. The molecule has 7 nitrogen and oxygen atoms in total. The van der Waals surface area contributed by atoms with Crippen molar-refractivity contribution in [3.05, 3.63) is 59.8 Å². The van der Waals surface area contributed by atoms with E-state index in [1.54, 1.807) is 0 Å². The topological polar surface area (TPSA) is 111 Å². The summed E-state index contributed by atoms with van der Waals surface area (Å²) in [5.41, 5.74) is -0.156. The second kappa shape index (κ2) is 6.89. The predicted molar refractivity (Wildman–Crippen MR) is 94.0 cm³/mol. The highest BCUT2D eigenvalue weighted by Gasteiger charge is 2.19. The highest BCUT2D eigenvalue weighted by Crippen LogP contribution is 2.27. The van der Waals surface area contributed by atoms with Gasteiger partial charge in [0.25, 0.3) is 5.91 Å². The Morgan fingerprint density at radius 3 is 2.59 bits per heavy atom. The molecular formula is C17H13F2N3O4S. The minimum atomic E-state index is -4.05. The van der Waals surface area contributed by atoms with Crippen LogP contribution in [0.25, 0.3) is 10.9 Å². The summed E-state index contributed by atoms with van der Waals surface area (Å²) in [6.45, 7) is 0. The number of primary sulfonamides is 1. The van der Waals surface area contributed by atoms with Crippen molar-refractivity contribution in [3.63, 3.8) is 0 Å². The van der Waals surface area contributed by atoms with Crippen LogP contribution in [0.15, 0.2) is 47.5 Å². The molecule has 1 amide bonds. The van der Waals surface area contributed by atoms with E-state index in [4.69, 9.17) is 9.88 Å². The first-order chi connectivity index (χ1) is 12.7. The van der Waals surface area contributed by atoms with Gasteiger partial charge in [-0.1, -0.05) is 0 Å². The van der Waals surface area contributed by atoms with Crippen LogP contribution in [0.2, 0.25) is 0 Å². The number of fused-ring (bicyclic) bond motifs is 1. The smallest absolute Gasteiger partial charge is 0.259 e. The number of amides is 1. The van der Waals surface area contributed by atoms with Gasteiger partial charge in [-0.05, 0) is 30.3 Å². The zero-order chi connectivity index (χ0) is 19.8. The third kappa shape index (κ3) is 3.71. The molecule has 3 N–H and O–H groups in total. The van der Waals surface area contributed by atoms with E-state index in [9.17, 15) is 22.0 Å². The number of ether oxygens (including phenoxy) is 1. The van der Waals surface area contributed by atoms with Crippen molar-refractivity contribution in [3.8, 4) is 5.75 Å². The number of methoxy groups -OCH3 is 1. The van der Waals surface area contributed by atoms with Crippen molar-refractivity contribution in [2.45, 2.75) is 4.90 Å². The Morgan fingerprint density at radius 1 is 1.19 bits per heavy atom. The minimum absolute atomic E-state index is 0.0462. The maximum atomic E-state index is 13.9. The van der Waals surface area contributed by atoms with Crippen LogP contribution in [0, 0.1) is 11.6 Å². The molecule has 27 heavy (non-hydrogen) atoms. The normalized spacial score (nSPS) is 11.4. The summed E-state index contributed by atoms with van der Waals surface area (Å²) < 4.78 is 55.6. The number of hydrogen-bond donors (Lipinski definition) is 2. The zero-order valence-electron chi connectivity index (χ0n) is 13.9. The van der Waals surface area contributed by atoms with Crippen LogP contribution in [0.1, 0.15) is 10.4 Å². The van der Waals surface area contributed by atoms with Gasteiger partial charge in [0.1, 0.15) is 17.1 Å². The van der Waals surface area contributed by atoms with Gasteiger partial charge in [-0.25, -0.2) is 22.3 Å². The summed E-state index contributed by atoms with van der Waals surface area (Å²) in [5.74, 6) is -2.38. The zero-order valence-corrected chi connectivity index (χ0v) is 14.7. The lowest BCUT2D eigenvalue weighted by Crippen LogP contribution is -2.17. The van der Waals surface area contributed by atoms with Crippen molar-refractivity contribution in [2.24, 2.45) is 5.14 Å². The van der Waals surface area contributed by atoms with E-state index in [0.717, 1.165) is 12.1 Å². The fourth-order valence-electron chi connectivity index (χ4n) is 2.52. The largest absolute Gasteiger partial charge is 0.496 e. The molecule has 3 rings (SSSR count). The fourth-order valence-corrected chi connectivity index (χ4v) is 3.06. The van der Waals surface area contributed by atoms with Crippen molar-refractivity contribution in [1.29, 1.82) is 0 Å². The van der Waals surface area contributed by atoms with Gasteiger partial charge in [0.15, 0.2) is 5.82 Å². The molecule has 0 unspecified atom stereocenters. The van der Waals surface area contributed by atoms with Crippen LogP contribution in [0.5, 0.6) is 5.75 Å². The number of carbonyl (C=O) groups excluding carboxylic acids is 1. The number of benzene rings is 2. The molecule has 0 saturated carbocycles. The molecule has 1 aromatic heterocycles. The standard InChI is InChI=1S/C17H13F2N3O4S/c1-26-15-3-2-10(27(20,24)25)8-12(15)17(23)22-14-4-5-21-16-11(14)6-9(18)7-13(16)19/h2-8H,1H3,(H2,20,24,25)(H,21,22,23). The lowest BCUT2D eigenvalue weighted by molar-refractivity contribution is 0.102. The van der Waals surface area contributed by atoms with E-state index >= 15 is 0 Å². The molecule has 2 aromatic carbocycles. The summed E-state index contributed by atoms with van der Waals surface area (Å²) in [5, 5.41) is 7.61. The van der Waals surface area contributed by atoms with Crippen molar-refractivity contribution in [2.75, 3.05) is 12.4 Å². The maximum absolute atomic E-state index is 13.9. The second-order valence-corrected chi connectivity index (χ2v) is 7.06. The highest BCUT2D eigenvalue weighted by molar-refractivity contribution is 7.89. The summed E-state index contributed by atoms with van der Waals surface area (Å²) in [4.78, 5) is 16.2. The van der Waals surface area contributed by atoms with E-state index in [2.05, 4.69) is 10.3 Å². The minimum Gasteiger partial charge on any atom is -0.496 e. The molecule has 0 spiro atoms. The monoisotopic (exact) mass is 393 g/mol. The first-order valence-corrected chi connectivity index (χ1v) is 9.01. The number of nitrogens with one attached hydrogen (secondary N) is 1. The van der Waals surface area contributed by atoms with Gasteiger partial charge < -0.3 is 10.1 Å². The van der Waals surface area contributed by atoms with Crippen LogP contribution < -0.4 is 15.2 Å². The van der Waals surface area contributed by atoms with Gasteiger partial charge in [-0.3, -0.25) is 9.78 Å². The molecule has 1 heterocycles. The second-order valence-electron chi connectivity index (χ2n) is 5.50. The Kier molecular flexibility index (Phi) is 4.77. The molecule has 0 aliphatic rings. The van der Waals surface area contributed by atoms with Gasteiger partial charge in [0.05, 0.1) is 23.3 Å². The molecule has 0 bridgehead atoms. The van der Waals surface area contributed by atoms with Crippen LogP contribution >= 0.6 is 0 Å². The molecule has 0 radical (unpaired) electrons. The third-order valence-electron chi connectivity index (χ3n) is 3.76. The molecule has 3 aromatic rings. The Hall–Kier alpha value is -3.11. The molecule has 10 heteroatoms. The third-order valence-corrected chi connectivity index (χ3v) is 4.67. The number of rotatable bonds is 4. The molecule has 0 aliphatic heterocycles. The number of halogens is 2.